The fourth-order valence-corrected chi connectivity index (χ4v) is 1.93. The van der Waals surface area contributed by atoms with Gasteiger partial charge in [-0.25, -0.2) is 4.98 Å². The second-order valence-electron chi connectivity index (χ2n) is 4.09. The Morgan fingerprint density at radius 2 is 2.39 bits per heavy atom. The van der Waals surface area contributed by atoms with E-state index in [1.54, 1.807) is 6.92 Å². The SMILES string of the molecule is Cc1ncoc1C(=O)N1CCOCC1CC(=O)O. The molecule has 1 N–H and O–H groups in total. The summed E-state index contributed by atoms with van der Waals surface area (Å²) in [5, 5.41) is 8.82. The van der Waals surface area contributed by atoms with Gasteiger partial charge in [0.2, 0.25) is 5.76 Å². The number of carboxylic acids is 1. The molecule has 1 aliphatic rings. The van der Waals surface area contributed by atoms with Crippen LogP contribution in [-0.2, 0) is 9.53 Å². The highest BCUT2D eigenvalue weighted by Crippen LogP contribution is 2.16. The molecule has 7 nitrogen and oxygen atoms in total. The highest BCUT2D eigenvalue weighted by Gasteiger charge is 2.32. The van der Waals surface area contributed by atoms with Crippen molar-refractivity contribution >= 4 is 11.9 Å². The maximum absolute atomic E-state index is 12.2. The first-order chi connectivity index (χ1) is 8.59. The molecular formula is C11H14N2O5. The van der Waals surface area contributed by atoms with E-state index >= 15 is 0 Å². The van der Waals surface area contributed by atoms with E-state index in [0.717, 1.165) is 0 Å². The molecule has 1 aliphatic heterocycles. The van der Waals surface area contributed by atoms with E-state index in [9.17, 15) is 9.59 Å². The first-order valence-corrected chi connectivity index (χ1v) is 5.60. The number of aromatic nitrogens is 1. The van der Waals surface area contributed by atoms with Gasteiger partial charge in [0, 0.05) is 6.54 Å². The fraction of sp³-hybridized carbons (Fsp3) is 0.545. The van der Waals surface area contributed by atoms with Crippen LogP contribution < -0.4 is 0 Å². The quantitative estimate of drug-likeness (QED) is 0.833. The molecule has 0 spiro atoms. The van der Waals surface area contributed by atoms with E-state index in [4.69, 9.17) is 14.3 Å². The zero-order valence-corrected chi connectivity index (χ0v) is 9.96. The number of hydrogen-bond acceptors (Lipinski definition) is 5. The van der Waals surface area contributed by atoms with Crippen LogP contribution in [0.3, 0.4) is 0 Å². The molecule has 0 bridgehead atoms. The molecule has 1 atom stereocenters. The topological polar surface area (TPSA) is 92.9 Å². The molecular weight excluding hydrogens is 240 g/mol. The Labute approximate surface area is 103 Å². The summed E-state index contributed by atoms with van der Waals surface area (Å²) in [6.07, 6.45) is 1.06. The lowest BCUT2D eigenvalue weighted by molar-refractivity contribution is -0.139. The number of oxazole rings is 1. The minimum atomic E-state index is -0.961. The van der Waals surface area contributed by atoms with Gasteiger partial charge in [-0.1, -0.05) is 0 Å². The Hall–Kier alpha value is -1.89. The van der Waals surface area contributed by atoms with Crippen LogP contribution in [0.5, 0.6) is 0 Å². The van der Waals surface area contributed by atoms with Crippen molar-refractivity contribution < 1.29 is 23.8 Å². The molecule has 1 aromatic rings. The molecule has 1 saturated heterocycles. The van der Waals surface area contributed by atoms with Crippen molar-refractivity contribution in [2.45, 2.75) is 19.4 Å². The van der Waals surface area contributed by atoms with Gasteiger partial charge in [-0.2, -0.15) is 0 Å². The number of carbonyl (C=O) groups is 2. The van der Waals surface area contributed by atoms with Gasteiger partial charge in [0.15, 0.2) is 6.39 Å². The van der Waals surface area contributed by atoms with Gasteiger partial charge in [-0.3, -0.25) is 9.59 Å². The van der Waals surface area contributed by atoms with Crippen LogP contribution in [0.2, 0.25) is 0 Å². The van der Waals surface area contributed by atoms with E-state index in [1.165, 1.54) is 11.3 Å². The van der Waals surface area contributed by atoms with E-state index < -0.39 is 12.0 Å². The summed E-state index contributed by atoms with van der Waals surface area (Å²) < 4.78 is 10.2. The molecule has 2 heterocycles. The fourth-order valence-electron chi connectivity index (χ4n) is 1.93. The standard InChI is InChI=1S/C11H14N2O5/c1-7-10(18-6-12-7)11(16)13-2-3-17-5-8(13)4-9(14)15/h6,8H,2-5H2,1H3,(H,14,15). The first kappa shape index (κ1) is 12.6. The summed E-state index contributed by atoms with van der Waals surface area (Å²) in [6.45, 7) is 2.65. The molecule has 0 aromatic carbocycles. The van der Waals surface area contributed by atoms with Gasteiger partial charge in [-0.05, 0) is 6.92 Å². The Bertz CT molecular complexity index is 456. The number of ether oxygens (including phenoxy) is 1. The van der Waals surface area contributed by atoms with Crippen molar-refractivity contribution in [2.75, 3.05) is 19.8 Å². The maximum atomic E-state index is 12.2. The summed E-state index contributed by atoms with van der Waals surface area (Å²) >= 11 is 0. The van der Waals surface area contributed by atoms with Gasteiger partial charge in [0.25, 0.3) is 5.91 Å². The van der Waals surface area contributed by atoms with Crippen LogP contribution in [0, 0.1) is 6.92 Å². The highest BCUT2D eigenvalue weighted by atomic mass is 16.5. The number of aliphatic carboxylic acids is 1. The lowest BCUT2D eigenvalue weighted by Gasteiger charge is -2.34. The maximum Gasteiger partial charge on any atom is 0.305 e. The Kier molecular flexibility index (Phi) is 3.61. The Morgan fingerprint density at radius 1 is 1.61 bits per heavy atom. The van der Waals surface area contributed by atoms with Crippen LogP contribution >= 0.6 is 0 Å². The summed E-state index contributed by atoms with van der Waals surface area (Å²) in [4.78, 5) is 28.3. The monoisotopic (exact) mass is 254 g/mol. The summed E-state index contributed by atoms with van der Waals surface area (Å²) in [7, 11) is 0. The van der Waals surface area contributed by atoms with Crippen LogP contribution in [0.4, 0.5) is 0 Å². The predicted octanol–water partition coefficient (Wildman–Crippen LogP) is 0.299. The number of amides is 1. The number of aryl methyl sites for hydroxylation is 1. The summed E-state index contributed by atoms with van der Waals surface area (Å²) in [5.74, 6) is -1.13. The minimum absolute atomic E-state index is 0.140. The zero-order chi connectivity index (χ0) is 13.1. The van der Waals surface area contributed by atoms with Crippen LogP contribution in [0.15, 0.2) is 10.8 Å². The van der Waals surface area contributed by atoms with Crippen molar-refractivity contribution in [1.82, 2.24) is 9.88 Å². The summed E-state index contributed by atoms with van der Waals surface area (Å²) in [6, 6.07) is -0.465. The van der Waals surface area contributed by atoms with Gasteiger partial charge in [0.1, 0.15) is 0 Å². The molecule has 0 aliphatic carbocycles. The lowest BCUT2D eigenvalue weighted by atomic mass is 10.1. The third kappa shape index (κ3) is 2.51. The average Bonchev–Trinajstić information content (AvgIpc) is 2.74. The van der Waals surface area contributed by atoms with Crippen LogP contribution in [0.1, 0.15) is 22.7 Å². The Balaban J connectivity index is 2.16. The van der Waals surface area contributed by atoms with E-state index in [-0.39, 0.29) is 24.7 Å². The molecule has 1 fully saturated rings. The number of carbonyl (C=O) groups excluding carboxylic acids is 1. The minimum Gasteiger partial charge on any atom is -0.481 e. The number of hydrogen-bond donors (Lipinski definition) is 1. The third-order valence-electron chi connectivity index (χ3n) is 2.84. The second-order valence-corrected chi connectivity index (χ2v) is 4.09. The highest BCUT2D eigenvalue weighted by molar-refractivity contribution is 5.93. The van der Waals surface area contributed by atoms with E-state index in [1.807, 2.05) is 0 Å². The first-order valence-electron chi connectivity index (χ1n) is 5.60. The Morgan fingerprint density at radius 3 is 3.00 bits per heavy atom. The van der Waals surface area contributed by atoms with Crippen LogP contribution in [-0.4, -0.2) is 52.7 Å². The smallest absolute Gasteiger partial charge is 0.305 e. The van der Waals surface area contributed by atoms with E-state index in [0.29, 0.717) is 18.8 Å². The number of morpholine rings is 1. The van der Waals surface area contributed by atoms with Crippen molar-refractivity contribution in [3.05, 3.63) is 17.8 Å². The molecule has 18 heavy (non-hydrogen) atoms. The molecule has 1 unspecified atom stereocenters. The summed E-state index contributed by atoms with van der Waals surface area (Å²) in [5.41, 5.74) is 0.501. The average molecular weight is 254 g/mol. The zero-order valence-electron chi connectivity index (χ0n) is 9.96. The predicted molar refractivity (Wildman–Crippen MR) is 59.1 cm³/mol. The van der Waals surface area contributed by atoms with Crippen LogP contribution in [0.25, 0.3) is 0 Å². The molecule has 1 amide bonds. The number of nitrogens with zero attached hydrogens (tertiary/aromatic N) is 2. The van der Waals surface area contributed by atoms with Crippen molar-refractivity contribution in [3.63, 3.8) is 0 Å². The van der Waals surface area contributed by atoms with Gasteiger partial charge >= 0.3 is 5.97 Å². The molecule has 0 saturated carbocycles. The third-order valence-corrected chi connectivity index (χ3v) is 2.84. The largest absolute Gasteiger partial charge is 0.481 e. The van der Waals surface area contributed by atoms with Gasteiger partial charge < -0.3 is 19.2 Å². The van der Waals surface area contributed by atoms with E-state index in [2.05, 4.69) is 4.98 Å². The number of carboxylic acid groups (broad SMARTS) is 1. The van der Waals surface area contributed by atoms with Gasteiger partial charge in [0.05, 0.1) is 31.4 Å². The molecule has 98 valence electrons. The second kappa shape index (κ2) is 5.18. The lowest BCUT2D eigenvalue weighted by Crippen LogP contribution is -2.49. The molecule has 0 radical (unpaired) electrons. The molecule has 1 aromatic heterocycles. The van der Waals surface area contributed by atoms with Crippen molar-refractivity contribution in [2.24, 2.45) is 0 Å². The van der Waals surface area contributed by atoms with Crippen molar-refractivity contribution in [1.29, 1.82) is 0 Å². The van der Waals surface area contributed by atoms with Crippen molar-refractivity contribution in [3.8, 4) is 0 Å². The number of rotatable bonds is 3. The molecule has 2 rings (SSSR count). The van der Waals surface area contributed by atoms with Gasteiger partial charge in [-0.15, -0.1) is 0 Å². The molecule has 7 heteroatoms. The normalized spacial score (nSPS) is 19.8.